The highest BCUT2D eigenvalue weighted by atomic mass is 32.2. The predicted octanol–water partition coefficient (Wildman–Crippen LogP) is 0.831. The van der Waals surface area contributed by atoms with Crippen molar-refractivity contribution >= 4 is 41.5 Å². The van der Waals surface area contributed by atoms with Crippen LogP contribution >= 0.6 is 11.8 Å². The van der Waals surface area contributed by atoms with Gasteiger partial charge in [0.05, 0.1) is 23.7 Å². The number of amides is 4. The number of likely N-dealkylation sites (tertiary alicyclic amines) is 1. The van der Waals surface area contributed by atoms with Gasteiger partial charge >= 0.3 is 6.09 Å². The van der Waals surface area contributed by atoms with Crippen molar-refractivity contribution in [2.75, 3.05) is 44.3 Å². The van der Waals surface area contributed by atoms with Crippen LogP contribution in [0.25, 0.3) is 0 Å². The van der Waals surface area contributed by atoms with Gasteiger partial charge in [0.15, 0.2) is 0 Å². The van der Waals surface area contributed by atoms with Crippen molar-refractivity contribution < 1.29 is 28.7 Å². The van der Waals surface area contributed by atoms with Crippen LogP contribution in [-0.2, 0) is 14.3 Å². The molecule has 0 atom stereocenters. The summed E-state index contributed by atoms with van der Waals surface area (Å²) in [6, 6.07) is 6.77. The highest BCUT2D eigenvalue weighted by Crippen LogP contribution is 2.23. The molecule has 13 heteroatoms. The lowest BCUT2D eigenvalue weighted by molar-refractivity contribution is -0.134. The van der Waals surface area contributed by atoms with Gasteiger partial charge in [-0.1, -0.05) is 12.1 Å². The number of benzene rings is 1. The smallest absolute Gasteiger partial charge is 0.409 e. The summed E-state index contributed by atoms with van der Waals surface area (Å²) in [7, 11) is 0. The standard InChI is InChI=1S/C25H34N6O6S/c1-2-36-24(35)31-13-7-17(8-14-31)27-23(34)25(9-11-26-12-10-25)28-20(32)15-38-16-21-29-30-22(33)18-5-3-4-6-19(18)37-21/h3-6,17,26H,2,7-16H2,1H3,(H,27,34)(H,28,32)(H,30,33). The average molecular weight is 547 g/mol. The molecule has 1 aromatic rings. The fourth-order valence-corrected chi connectivity index (χ4v) is 5.33. The summed E-state index contributed by atoms with van der Waals surface area (Å²) >= 11 is 1.28. The Kier molecular flexibility index (Phi) is 9.45. The van der Waals surface area contributed by atoms with E-state index in [1.165, 1.54) is 11.8 Å². The van der Waals surface area contributed by atoms with Crippen molar-refractivity contribution in [1.82, 2.24) is 26.3 Å². The van der Waals surface area contributed by atoms with Crippen LogP contribution in [0.5, 0.6) is 5.75 Å². The summed E-state index contributed by atoms with van der Waals surface area (Å²) in [5.41, 5.74) is 1.84. The van der Waals surface area contributed by atoms with Crippen LogP contribution in [0.2, 0.25) is 0 Å². The Morgan fingerprint density at radius 3 is 2.68 bits per heavy atom. The topological polar surface area (TPSA) is 150 Å². The van der Waals surface area contributed by atoms with E-state index < -0.39 is 5.54 Å². The minimum Gasteiger partial charge on any atom is -0.450 e. The number of thioether (sulfide) groups is 1. The summed E-state index contributed by atoms with van der Waals surface area (Å²) in [5, 5.41) is 13.3. The van der Waals surface area contributed by atoms with Gasteiger partial charge in [0, 0.05) is 19.1 Å². The van der Waals surface area contributed by atoms with Crippen molar-refractivity contribution in [1.29, 1.82) is 0 Å². The molecular formula is C25H34N6O6S. The Balaban J connectivity index is 1.28. The van der Waals surface area contributed by atoms with Gasteiger partial charge in [-0.15, -0.1) is 16.9 Å². The van der Waals surface area contributed by atoms with Gasteiger partial charge in [0.1, 0.15) is 11.3 Å². The Bertz CT molecular complexity index is 1070. The molecular weight excluding hydrogens is 512 g/mol. The molecule has 3 aliphatic rings. The Labute approximate surface area is 225 Å². The maximum Gasteiger partial charge on any atom is 0.409 e. The van der Waals surface area contributed by atoms with Gasteiger partial charge in [0.25, 0.3) is 5.91 Å². The first kappa shape index (κ1) is 27.7. The predicted molar refractivity (Wildman–Crippen MR) is 142 cm³/mol. The summed E-state index contributed by atoms with van der Waals surface area (Å²) in [6.45, 7) is 4.36. The molecule has 4 rings (SSSR count). The maximum atomic E-state index is 13.4. The average Bonchev–Trinajstić information content (AvgIpc) is 3.08. The molecule has 206 valence electrons. The molecule has 3 aliphatic heterocycles. The fourth-order valence-electron chi connectivity index (χ4n) is 4.67. The molecule has 0 aliphatic carbocycles. The van der Waals surface area contributed by atoms with E-state index in [9.17, 15) is 19.2 Å². The van der Waals surface area contributed by atoms with Gasteiger partial charge in [-0.05, 0) is 57.8 Å². The van der Waals surface area contributed by atoms with Crippen molar-refractivity contribution in [2.24, 2.45) is 5.10 Å². The monoisotopic (exact) mass is 546 g/mol. The highest BCUT2D eigenvalue weighted by molar-refractivity contribution is 8.00. The molecule has 0 bridgehead atoms. The first-order valence-corrected chi connectivity index (χ1v) is 14.0. The van der Waals surface area contributed by atoms with Crippen molar-refractivity contribution in [2.45, 2.75) is 44.2 Å². The number of fused-ring (bicyclic) bond motifs is 1. The number of nitrogens with zero attached hydrogens (tertiary/aromatic N) is 2. The van der Waals surface area contributed by atoms with Crippen molar-refractivity contribution in [3.8, 4) is 5.75 Å². The first-order valence-electron chi connectivity index (χ1n) is 12.9. The molecule has 3 heterocycles. The lowest BCUT2D eigenvalue weighted by Crippen LogP contribution is -2.64. The van der Waals surface area contributed by atoms with E-state index >= 15 is 0 Å². The lowest BCUT2D eigenvalue weighted by atomic mass is 9.86. The van der Waals surface area contributed by atoms with Crippen molar-refractivity contribution in [3.05, 3.63) is 29.8 Å². The Hall–Kier alpha value is -3.32. The molecule has 2 fully saturated rings. The fraction of sp³-hybridized carbons (Fsp3) is 0.560. The van der Waals surface area contributed by atoms with Crippen LogP contribution in [-0.4, -0.2) is 90.5 Å². The molecule has 4 amide bonds. The number of piperidine rings is 2. The molecule has 12 nitrogen and oxygen atoms in total. The van der Waals surface area contributed by atoms with Crippen LogP contribution in [0, 0.1) is 0 Å². The quantitative estimate of drug-likeness (QED) is 0.375. The third-order valence-electron chi connectivity index (χ3n) is 6.73. The van der Waals surface area contributed by atoms with E-state index in [0.29, 0.717) is 69.8 Å². The van der Waals surface area contributed by atoms with Crippen LogP contribution in [0.4, 0.5) is 4.79 Å². The summed E-state index contributed by atoms with van der Waals surface area (Å²) in [5.74, 6) is 0.240. The Morgan fingerprint density at radius 2 is 1.95 bits per heavy atom. The van der Waals surface area contributed by atoms with Crippen molar-refractivity contribution in [3.63, 3.8) is 0 Å². The van der Waals surface area contributed by atoms with Gasteiger partial charge in [-0.3, -0.25) is 14.4 Å². The maximum absolute atomic E-state index is 13.4. The van der Waals surface area contributed by atoms with E-state index in [4.69, 9.17) is 9.47 Å². The summed E-state index contributed by atoms with van der Waals surface area (Å²) < 4.78 is 10.8. The van der Waals surface area contributed by atoms with Gasteiger partial charge in [-0.2, -0.15) is 0 Å². The third kappa shape index (κ3) is 6.95. The van der Waals surface area contributed by atoms with Gasteiger partial charge < -0.3 is 30.3 Å². The molecule has 0 aromatic heterocycles. The number of carbonyl (C=O) groups is 4. The molecule has 2 saturated heterocycles. The number of carbonyl (C=O) groups excluding carboxylic acids is 4. The number of rotatable bonds is 8. The van der Waals surface area contributed by atoms with Crippen LogP contribution < -0.4 is 26.1 Å². The van der Waals surface area contributed by atoms with E-state index in [1.54, 1.807) is 36.1 Å². The Morgan fingerprint density at radius 1 is 1.21 bits per heavy atom. The molecule has 0 radical (unpaired) electrons. The minimum atomic E-state index is -0.996. The molecule has 1 aromatic carbocycles. The number of para-hydroxylation sites is 1. The summed E-state index contributed by atoms with van der Waals surface area (Å²) in [6.07, 6.45) is 1.89. The number of hydrogen-bond acceptors (Lipinski definition) is 9. The largest absolute Gasteiger partial charge is 0.450 e. The van der Waals surface area contributed by atoms with Crippen LogP contribution in [0.1, 0.15) is 43.0 Å². The van der Waals surface area contributed by atoms with Gasteiger partial charge in [0.2, 0.25) is 17.7 Å². The third-order valence-corrected chi connectivity index (χ3v) is 7.64. The van der Waals surface area contributed by atoms with Crippen LogP contribution in [0.15, 0.2) is 29.4 Å². The SMILES string of the molecule is CCOC(=O)N1CCC(NC(=O)C2(NC(=O)CSCC3=NNC(=O)c4ccccc4O3)CCNCC2)CC1. The second-order valence-corrected chi connectivity index (χ2v) is 10.3. The summed E-state index contributed by atoms with van der Waals surface area (Å²) in [4.78, 5) is 52.0. The van der Waals surface area contributed by atoms with E-state index in [-0.39, 0.29) is 47.3 Å². The number of nitrogens with one attached hydrogen (secondary N) is 4. The van der Waals surface area contributed by atoms with E-state index in [2.05, 4.69) is 26.5 Å². The second kappa shape index (κ2) is 13.0. The number of ether oxygens (including phenoxy) is 2. The van der Waals surface area contributed by atoms with E-state index in [0.717, 1.165) is 0 Å². The first-order chi connectivity index (χ1) is 18.4. The second-order valence-electron chi connectivity index (χ2n) is 9.35. The molecule has 0 unspecified atom stereocenters. The molecule has 4 N–H and O–H groups in total. The van der Waals surface area contributed by atoms with Gasteiger partial charge in [-0.25, -0.2) is 10.2 Å². The molecule has 38 heavy (non-hydrogen) atoms. The zero-order valence-corrected chi connectivity index (χ0v) is 22.2. The highest BCUT2D eigenvalue weighted by Gasteiger charge is 2.42. The zero-order valence-electron chi connectivity index (χ0n) is 21.4. The number of hydrazone groups is 1. The zero-order chi connectivity index (χ0) is 27.0. The number of hydrogen-bond donors (Lipinski definition) is 4. The minimum absolute atomic E-state index is 0.0744. The van der Waals surface area contributed by atoms with Crippen LogP contribution in [0.3, 0.4) is 0 Å². The molecule has 0 spiro atoms. The van der Waals surface area contributed by atoms with E-state index in [1.807, 2.05) is 0 Å². The molecule has 0 saturated carbocycles. The normalized spacial score (nSPS) is 19.1. The lowest BCUT2D eigenvalue weighted by Gasteiger charge is -2.39.